The second kappa shape index (κ2) is 31.6. The summed E-state index contributed by atoms with van der Waals surface area (Å²) in [5, 5.41) is 0. The van der Waals surface area contributed by atoms with Gasteiger partial charge in [0.25, 0.3) is 5.82 Å². The van der Waals surface area contributed by atoms with Crippen molar-refractivity contribution in [3.8, 4) is 0 Å². The molecule has 0 unspecified atom stereocenters. The molecule has 0 bridgehead atoms. The number of aromatic nitrogens is 2. The Morgan fingerprint density at radius 2 is 0.738 bits per heavy atom. The Labute approximate surface area is 266 Å². The van der Waals surface area contributed by atoms with Crippen molar-refractivity contribution >= 4 is 0 Å². The van der Waals surface area contributed by atoms with Crippen LogP contribution in [0.15, 0.2) is 12.4 Å². The first-order chi connectivity index (χ1) is 20.8. The summed E-state index contributed by atoms with van der Waals surface area (Å²) in [4.78, 5) is 0. The third kappa shape index (κ3) is 23.6. The first-order valence-electron chi connectivity index (χ1n) is 19.9. The van der Waals surface area contributed by atoms with Crippen LogP contribution in [0.2, 0.25) is 0 Å². The Morgan fingerprint density at radius 1 is 0.405 bits per heavy atom. The lowest BCUT2D eigenvalue weighted by Crippen LogP contribution is -2.37. The fourth-order valence-electron chi connectivity index (χ4n) is 6.68. The maximum Gasteiger partial charge on any atom is 0.256 e. The smallest absolute Gasteiger partial charge is 0.234 e. The molecule has 0 amide bonds. The third-order valence-corrected chi connectivity index (χ3v) is 9.60. The predicted octanol–water partition coefficient (Wildman–Crippen LogP) is 13.5. The van der Waals surface area contributed by atoms with Crippen LogP contribution in [0.5, 0.6) is 0 Å². The summed E-state index contributed by atoms with van der Waals surface area (Å²) >= 11 is 0. The van der Waals surface area contributed by atoms with Crippen molar-refractivity contribution in [3.63, 3.8) is 0 Å². The molecule has 0 saturated carbocycles. The van der Waals surface area contributed by atoms with Crippen molar-refractivity contribution in [2.45, 2.75) is 239 Å². The highest BCUT2D eigenvalue weighted by Crippen LogP contribution is 2.15. The van der Waals surface area contributed by atoms with E-state index in [0.717, 1.165) is 0 Å². The topological polar surface area (TPSA) is 8.81 Å². The lowest BCUT2D eigenvalue weighted by molar-refractivity contribution is -0.704. The van der Waals surface area contributed by atoms with Gasteiger partial charge in [-0.25, -0.2) is 9.13 Å². The Hall–Kier alpha value is -0.790. The van der Waals surface area contributed by atoms with Crippen LogP contribution in [0, 0.1) is 0 Å². The van der Waals surface area contributed by atoms with Crippen molar-refractivity contribution in [2.24, 2.45) is 0 Å². The number of rotatable bonds is 34. The molecule has 0 aromatic carbocycles. The molecule has 0 aliphatic heterocycles. The Kier molecular flexibility index (Phi) is 29.5. The van der Waals surface area contributed by atoms with Crippen LogP contribution in [-0.2, 0) is 19.5 Å². The minimum absolute atomic E-state index is 1.23. The van der Waals surface area contributed by atoms with Gasteiger partial charge in [-0.05, 0) is 32.1 Å². The van der Waals surface area contributed by atoms with Crippen molar-refractivity contribution in [1.29, 1.82) is 0 Å². The minimum Gasteiger partial charge on any atom is -0.234 e. The summed E-state index contributed by atoms with van der Waals surface area (Å²) in [6.07, 6.45) is 50.4. The molecule has 0 atom stereocenters. The summed E-state index contributed by atoms with van der Waals surface area (Å²) in [5.74, 6) is 1.62. The fourth-order valence-corrected chi connectivity index (χ4v) is 6.68. The molecule has 0 spiro atoms. The van der Waals surface area contributed by atoms with Crippen LogP contribution < -0.4 is 4.57 Å². The molecule has 42 heavy (non-hydrogen) atoms. The first kappa shape index (κ1) is 39.2. The van der Waals surface area contributed by atoms with E-state index in [4.69, 9.17) is 0 Å². The van der Waals surface area contributed by atoms with Gasteiger partial charge >= 0.3 is 0 Å². The SMILES string of the molecule is CCCCCCCCCCCCCCC[n+]1ccn(CCCCCCCCCCCCCC)c1CCCCCCCC. The summed E-state index contributed by atoms with van der Waals surface area (Å²) in [5.41, 5.74) is 0. The van der Waals surface area contributed by atoms with Gasteiger partial charge in [0.05, 0.1) is 13.1 Å². The average Bonchev–Trinajstić information content (AvgIpc) is 3.38. The van der Waals surface area contributed by atoms with E-state index in [1.165, 1.54) is 219 Å². The highest BCUT2D eigenvalue weighted by molar-refractivity contribution is 4.84. The van der Waals surface area contributed by atoms with Gasteiger partial charge in [-0.1, -0.05) is 188 Å². The molecule has 0 radical (unpaired) electrons. The number of aryl methyl sites for hydroxylation is 2. The molecule has 1 aromatic rings. The highest BCUT2D eigenvalue weighted by Gasteiger charge is 2.16. The zero-order chi connectivity index (χ0) is 30.2. The summed E-state index contributed by atoms with van der Waals surface area (Å²) in [6, 6.07) is 0. The van der Waals surface area contributed by atoms with Crippen LogP contribution in [0.25, 0.3) is 0 Å². The van der Waals surface area contributed by atoms with Gasteiger partial charge in [0.15, 0.2) is 0 Å². The first-order valence-corrected chi connectivity index (χ1v) is 19.9. The van der Waals surface area contributed by atoms with E-state index >= 15 is 0 Å². The molecule has 1 heterocycles. The summed E-state index contributed by atoms with van der Waals surface area (Å²) < 4.78 is 5.26. The second-order valence-corrected chi connectivity index (χ2v) is 13.8. The molecule has 0 N–H and O–H groups in total. The summed E-state index contributed by atoms with van der Waals surface area (Å²) in [6.45, 7) is 9.40. The van der Waals surface area contributed by atoms with E-state index < -0.39 is 0 Å². The van der Waals surface area contributed by atoms with Crippen LogP contribution in [0.4, 0.5) is 0 Å². The standard InChI is InChI=1S/C40H79N2/c1-4-7-10-13-16-18-20-22-24-26-28-31-34-37-42-39-38-41(40(42)35-32-29-15-12-9-6-3)36-33-30-27-25-23-21-19-17-14-11-8-5-2/h38-39H,4-37H2,1-3H3/q+1. The van der Waals surface area contributed by atoms with Gasteiger partial charge in [0.2, 0.25) is 0 Å². The van der Waals surface area contributed by atoms with Gasteiger partial charge in [0, 0.05) is 6.42 Å². The molecule has 2 heteroatoms. The molecular formula is C40H79N2+. The van der Waals surface area contributed by atoms with Gasteiger partial charge in [-0.15, -0.1) is 0 Å². The molecule has 0 saturated heterocycles. The van der Waals surface area contributed by atoms with Crippen molar-refractivity contribution in [2.75, 3.05) is 0 Å². The van der Waals surface area contributed by atoms with E-state index in [0.29, 0.717) is 0 Å². The zero-order valence-electron chi connectivity index (χ0n) is 29.6. The number of hydrogen-bond donors (Lipinski definition) is 0. The molecule has 0 fully saturated rings. The summed E-state index contributed by atoms with van der Waals surface area (Å²) in [7, 11) is 0. The quantitative estimate of drug-likeness (QED) is 0.0560. The number of unbranched alkanes of at least 4 members (excludes halogenated alkanes) is 28. The minimum atomic E-state index is 1.23. The molecule has 248 valence electrons. The van der Waals surface area contributed by atoms with Gasteiger partial charge < -0.3 is 0 Å². The van der Waals surface area contributed by atoms with Crippen LogP contribution in [0.3, 0.4) is 0 Å². The Bertz CT molecular complexity index is 648. The maximum atomic E-state index is 2.63. The van der Waals surface area contributed by atoms with Gasteiger partial charge in [-0.3, -0.25) is 0 Å². The van der Waals surface area contributed by atoms with E-state index in [-0.39, 0.29) is 0 Å². The zero-order valence-corrected chi connectivity index (χ0v) is 29.6. The monoisotopic (exact) mass is 588 g/mol. The van der Waals surface area contributed by atoms with Crippen LogP contribution in [-0.4, -0.2) is 4.57 Å². The maximum absolute atomic E-state index is 2.63. The van der Waals surface area contributed by atoms with Crippen molar-refractivity contribution in [1.82, 2.24) is 4.57 Å². The molecule has 2 nitrogen and oxygen atoms in total. The Morgan fingerprint density at radius 3 is 1.14 bits per heavy atom. The lowest BCUT2D eigenvalue weighted by atomic mass is 10.0. The number of nitrogens with zero attached hydrogens (tertiary/aromatic N) is 2. The van der Waals surface area contributed by atoms with E-state index in [1.54, 1.807) is 5.82 Å². The van der Waals surface area contributed by atoms with E-state index in [1.807, 2.05) is 0 Å². The highest BCUT2D eigenvalue weighted by atomic mass is 15.1. The molecule has 1 aromatic heterocycles. The van der Waals surface area contributed by atoms with E-state index in [9.17, 15) is 0 Å². The molecular weight excluding hydrogens is 508 g/mol. The van der Waals surface area contributed by atoms with Crippen LogP contribution >= 0.6 is 0 Å². The van der Waals surface area contributed by atoms with E-state index in [2.05, 4.69) is 42.3 Å². The van der Waals surface area contributed by atoms with Crippen LogP contribution in [0.1, 0.15) is 226 Å². The van der Waals surface area contributed by atoms with Crippen molar-refractivity contribution in [3.05, 3.63) is 18.2 Å². The molecule has 1 rings (SSSR count). The van der Waals surface area contributed by atoms with Gasteiger partial charge in [-0.2, -0.15) is 0 Å². The van der Waals surface area contributed by atoms with Gasteiger partial charge in [0.1, 0.15) is 12.4 Å². The number of hydrogen-bond acceptors (Lipinski definition) is 0. The number of imidazole rings is 1. The average molecular weight is 588 g/mol. The molecule has 0 aliphatic rings. The largest absolute Gasteiger partial charge is 0.256 e. The third-order valence-electron chi connectivity index (χ3n) is 9.60. The second-order valence-electron chi connectivity index (χ2n) is 13.8. The normalized spacial score (nSPS) is 11.6. The lowest BCUT2D eigenvalue weighted by Gasteiger charge is -2.07. The Balaban J connectivity index is 2.24. The fraction of sp³-hybridized carbons (Fsp3) is 0.925. The predicted molar refractivity (Wildman–Crippen MR) is 188 cm³/mol. The van der Waals surface area contributed by atoms with Crippen molar-refractivity contribution < 1.29 is 4.57 Å². The molecule has 0 aliphatic carbocycles.